The van der Waals surface area contributed by atoms with E-state index in [1.807, 2.05) is 0 Å². The van der Waals surface area contributed by atoms with Crippen LogP contribution in [0.5, 0.6) is 0 Å². The molecule has 4 nitrogen and oxygen atoms in total. The van der Waals surface area contributed by atoms with Crippen LogP contribution >= 0.6 is 0 Å². The first-order valence-corrected chi connectivity index (χ1v) is 1.81. The standard InChI is InChI=1S/C3H9NO3/c1-4-3(5,6)7-2/h4-6H,1-2H3. The minimum Gasteiger partial charge on any atom is -0.330 e. The highest BCUT2D eigenvalue weighted by Crippen LogP contribution is 1.88. The van der Waals surface area contributed by atoms with Gasteiger partial charge in [0, 0.05) is 7.11 Å². The second kappa shape index (κ2) is 2.23. The van der Waals surface area contributed by atoms with E-state index in [1.54, 1.807) is 0 Å². The molecule has 0 aliphatic carbocycles. The Hall–Kier alpha value is -0.160. The molecule has 0 bridgehead atoms. The molecule has 0 fully saturated rings. The van der Waals surface area contributed by atoms with Crippen LogP contribution in [0.2, 0.25) is 0 Å². The second-order valence-electron chi connectivity index (χ2n) is 1.06. The van der Waals surface area contributed by atoms with Gasteiger partial charge in [0.25, 0.3) is 0 Å². The van der Waals surface area contributed by atoms with E-state index in [4.69, 9.17) is 10.2 Å². The smallest absolute Gasteiger partial charge is 0.330 e. The molecule has 0 aromatic heterocycles. The summed E-state index contributed by atoms with van der Waals surface area (Å²) < 4.78 is 4.09. The summed E-state index contributed by atoms with van der Waals surface area (Å²) in [6.45, 7) is 0. The first-order valence-electron chi connectivity index (χ1n) is 1.81. The first kappa shape index (κ1) is 6.84. The van der Waals surface area contributed by atoms with Crippen LogP contribution < -0.4 is 5.32 Å². The van der Waals surface area contributed by atoms with Crippen LogP contribution in [0.15, 0.2) is 0 Å². The van der Waals surface area contributed by atoms with Crippen molar-refractivity contribution in [3.63, 3.8) is 0 Å². The van der Waals surface area contributed by atoms with Crippen molar-refractivity contribution in [3.8, 4) is 0 Å². The van der Waals surface area contributed by atoms with Crippen molar-refractivity contribution in [1.82, 2.24) is 5.32 Å². The Kier molecular flexibility index (Phi) is 2.17. The summed E-state index contributed by atoms with van der Waals surface area (Å²) in [6, 6.07) is 0. The normalized spacial score (nSPS) is 12.0. The molecule has 4 heteroatoms. The maximum atomic E-state index is 8.35. The SMILES string of the molecule is CNC(O)(O)OC. The fraction of sp³-hybridized carbons (Fsp3) is 1.00. The fourth-order valence-corrected chi connectivity index (χ4v) is 0.102. The molecule has 0 spiro atoms. The number of hydrogen-bond acceptors (Lipinski definition) is 4. The number of ether oxygens (including phenoxy) is 1. The van der Waals surface area contributed by atoms with Gasteiger partial charge in [0.05, 0.1) is 0 Å². The summed E-state index contributed by atoms with van der Waals surface area (Å²) >= 11 is 0. The van der Waals surface area contributed by atoms with Crippen LogP contribution in [-0.4, -0.2) is 30.5 Å². The van der Waals surface area contributed by atoms with E-state index in [0.717, 1.165) is 0 Å². The van der Waals surface area contributed by atoms with E-state index in [0.29, 0.717) is 0 Å². The van der Waals surface area contributed by atoms with Crippen molar-refractivity contribution < 1.29 is 14.9 Å². The summed E-state index contributed by atoms with van der Waals surface area (Å²) in [5, 5.41) is 18.8. The van der Waals surface area contributed by atoms with Gasteiger partial charge in [0.1, 0.15) is 0 Å². The van der Waals surface area contributed by atoms with Crippen LogP contribution in [0.1, 0.15) is 0 Å². The highest BCUT2D eigenvalue weighted by atomic mass is 16.8. The zero-order valence-corrected chi connectivity index (χ0v) is 4.30. The molecule has 0 aliphatic rings. The molecule has 0 heterocycles. The maximum Gasteiger partial charge on any atom is 0.345 e. The molecule has 0 saturated heterocycles. The van der Waals surface area contributed by atoms with Crippen LogP contribution in [0, 0.1) is 0 Å². The highest BCUT2D eigenvalue weighted by Gasteiger charge is 2.16. The van der Waals surface area contributed by atoms with Gasteiger partial charge in [-0.3, -0.25) is 0 Å². The summed E-state index contributed by atoms with van der Waals surface area (Å²) in [6.07, 6.45) is -2.17. The zero-order chi connectivity index (χ0) is 5.91. The zero-order valence-electron chi connectivity index (χ0n) is 4.30. The van der Waals surface area contributed by atoms with Crippen LogP contribution in [0.4, 0.5) is 0 Å². The summed E-state index contributed by atoms with van der Waals surface area (Å²) in [7, 11) is 2.54. The summed E-state index contributed by atoms with van der Waals surface area (Å²) in [5.74, 6) is 0. The van der Waals surface area contributed by atoms with Gasteiger partial charge < -0.3 is 14.9 Å². The quantitative estimate of drug-likeness (QED) is 0.374. The lowest BCUT2D eigenvalue weighted by Crippen LogP contribution is -2.44. The minimum atomic E-state index is -2.17. The van der Waals surface area contributed by atoms with Crippen molar-refractivity contribution in [2.24, 2.45) is 0 Å². The molecular weight excluding hydrogens is 98.0 g/mol. The van der Waals surface area contributed by atoms with Crippen molar-refractivity contribution in [2.75, 3.05) is 14.2 Å². The van der Waals surface area contributed by atoms with Gasteiger partial charge in [-0.1, -0.05) is 0 Å². The largest absolute Gasteiger partial charge is 0.345 e. The Bertz CT molecular complexity index is 48.1. The predicted octanol–water partition coefficient (Wildman–Crippen LogP) is -1.55. The number of nitrogens with one attached hydrogen (secondary N) is 1. The highest BCUT2D eigenvalue weighted by molar-refractivity contribution is 4.34. The van der Waals surface area contributed by atoms with Crippen molar-refractivity contribution >= 4 is 0 Å². The van der Waals surface area contributed by atoms with Gasteiger partial charge >= 0.3 is 6.10 Å². The van der Waals surface area contributed by atoms with Crippen LogP contribution in [0.3, 0.4) is 0 Å². The third kappa shape index (κ3) is 2.52. The van der Waals surface area contributed by atoms with E-state index in [9.17, 15) is 0 Å². The number of aliphatic hydroxyl groups is 2. The third-order valence-electron chi connectivity index (χ3n) is 0.610. The lowest BCUT2D eigenvalue weighted by molar-refractivity contribution is -0.342. The van der Waals surface area contributed by atoms with Gasteiger partial charge in [-0.15, -0.1) is 0 Å². The Labute approximate surface area is 41.7 Å². The van der Waals surface area contributed by atoms with E-state index in [-0.39, 0.29) is 0 Å². The molecule has 0 radical (unpaired) electrons. The molecule has 0 amide bonds. The topological polar surface area (TPSA) is 61.7 Å². The number of methoxy groups -OCH3 is 1. The van der Waals surface area contributed by atoms with Crippen molar-refractivity contribution in [1.29, 1.82) is 0 Å². The first-order chi connectivity index (χ1) is 3.12. The van der Waals surface area contributed by atoms with Gasteiger partial charge in [-0.2, -0.15) is 0 Å². The van der Waals surface area contributed by atoms with Crippen LogP contribution in [-0.2, 0) is 4.74 Å². The lowest BCUT2D eigenvalue weighted by atomic mass is 10.9. The molecule has 3 N–H and O–H groups in total. The van der Waals surface area contributed by atoms with Gasteiger partial charge in [0.2, 0.25) is 0 Å². The Morgan fingerprint density at radius 3 is 2.00 bits per heavy atom. The van der Waals surface area contributed by atoms with Gasteiger partial charge in [0.15, 0.2) is 0 Å². The van der Waals surface area contributed by atoms with Gasteiger partial charge in [-0.25, -0.2) is 5.32 Å². The Balaban J connectivity index is 3.36. The average Bonchev–Trinajstić information content (AvgIpc) is 1.68. The lowest BCUT2D eigenvalue weighted by Gasteiger charge is -2.16. The Morgan fingerprint density at radius 1 is 1.57 bits per heavy atom. The summed E-state index contributed by atoms with van der Waals surface area (Å²) in [4.78, 5) is 0. The van der Waals surface area contributed by atoms with Crippen molar-refractivity contribution in [3.05, 3.63) is 0 Å². The number of rotatable bonds is 2. The molecule has 0 aliphatic heterocycles. The summed E-state index contributed by atoms with van der Waals surface area (Å²) in [5.41, 5.74) is 0. The number of hydrogen-bond donors (Lipinski definition) is 3. The van der Waals surface area contributed by atoms with Crippen LogP contribution in [0.25, 0.3) is 0 Å². The molecule has 0 atom stereocenters. The predicted molar refractivity (Wildman–Crippen MR) is 23.2 cm³/mol. The Morgan fingerprint density at radius 2 is 2.00 bits per heavy atom. The molecule has 44 valence electrons. The molecule has 0 rings (SSSR count). The third-order valence-corrected chi connectivity index (χ3v) is 0.610. The average molecular weight is 107 g/mol. The van der Waals surface area contributed by atoms with Gasteiger partial charge in [-0.05, 0) is 7.05 Å². The van der Waals surface area contributed by atoms with E-state index in [1.165, 1.54) is 14.2 Å². The molecule has 0 aromatic carbocycles. The molecule has 0 unspecified atom stereocenters. The monoisotopic (exact) mass is 107 g/mol. The second-order valence-corrected chi connectivity index (χ2v) is 1.06. The van der Waals surface area contributed by atoms with E-state index in [2.05, 4.69) is 10.1 Å². The molecular formula is C3H9NO3. The van der Waals surface area contributed by atoms with E-state index >= 15 is 0 Å². The molecule has 7 heavy (non-hydrogen) atoms. The van der Waals surface area contributed by atoms with Crippen molar-refractivity contribution in [2.45, 2.75) is 6.10 Å². The maximum absolute atomic E-state index is 8.35. The molecule has 0 saturated carbocycles. The fourth-order valence-electron chi connectivity index (χ4n) is 0.102. The van der Waals surface area contributed by atoms with E-state index < -0.39 is 6.10 Å². The minimum absolute atomic E-state index is 1.18. The molecule has 0 aromatic rings.